The van der Waals surface area contributed by atoms with Crippen LogP contribution in [-0.4, -0.2) is 100 Å². The summed E-state index contributed by atoms with van der Waals surface area (Å²) in [6.45, 7) is 5.30. The van der Waals surface area contributed by atoms with Crippen molar-refractivity contribution in [2.24, 2.45) is 0 Å². The molecule has 6 rings (SSSR count). The molecule has 5 heterocycles. The van der Waals surface area contributed by atoms with Gasteiger partial charge in [0.2, 0.25) is 10.0 Å². The van der Waals surface area contributed by atoms with Gasteiger partial charge in [0, 0.05) is 45.0 Å². The van der Waals surface area contributed by atoms with Crippen molar-refractivity contribution >= 4 is 26.9 Å². The van der Waals surface area contributed by atoms with Gasteiger partial charge < -0.3 is 9.47 Å². The van der Waals surface area contributed by atoms with Crippen molar-refractivity contribution in [2.45, 2.75) is 6.92 Å². The van der Waals surface area contributed by atoms with Crippen LogP contribution >= 0.6 is 11.3 Å². The van der Waals surface area contributed by atoms with Crippen molar-refractivity contribution in [3.05, 3.63) is 54.4 Å². The van der Waals surface area contributed by atoms with E-state index >= 15 is 4.39 Å². The molecule has 0 unspecified atom stereocenters. The van der Waals surface area contributed by atoms with Crippen LogP contribution in [0.4, 0.5) is 4.39 Å². The fourth-order valence-corrected chi connectivity index (χ4v) is 6.99. The van der Waals surface area contributed by atoms with Gasteiger partial charge >= 0.3 is 0 Å². The van der Waals surface area contributed by atoms with E-state index in [2.05, 4.69) is 25.2 Å². The van der Waals surface area contributed by atoms with Crippen molar-refractivity contribution in [3.8, 4) is 44.0 Å². The lowest BCUT2D eigenvalue weighted by Crippen LogP contribution is -2.49. The number of aromatic amines is 1. The number of methoxy groups -OCH3 is 1. The molecule has 0 spiro atoms. The third kappa shape index (κ3) is 5.47. The molecule has 5 aromatic rings. The minimum Gasteiger partial charge on any atom is -0.496 e. The van der Waals surface area contributed by atoms with Crippen LogP contribution in [0.15, 0.2) is 42.9 Å². The van der Waals surface area contributed by atoms with Gasteiger partial charge in [-0.2, -0.15) is 14.5 Å². The Kier molecular flexibility index (Phi) is 7.66. The smallest absolute Gasteiger partial charge is 0.211 e. The van der Waals surface area contributed by atoms with Crippen molar-refractivity contribution in [1.29, 1.82) is 0 Å². The lowest BCUT2D eigenvalue weighted by molar-refractivity contribution is 0.159. The first-order valence-electron chi connectivity index (χ1n) is 13.2. The van der Waals surface area contributed by atoms with Gasteiger partial charge in [0.25, 0.3) is 0 Å². The van der Waals surface area contributed by atoms with Crippen molar-refractivity contribution in [1.82, 2.24) is 39.0 Å². The Hall–Kier alpha value is -3.92. The number of sulfonamides is 1. The molecule has 0 aliphatic carbocycles. The number of aromatic nitrogens is 6. The molecule has 1 fully saturated rings. The Balaban J connectivity index is 1.29. The highest BCUT2D eigenvalue weighted by Crippen LogP contribution is 2.44. The molecule has 4 aromatic heterocycles. The van der Waals surface area contributed by atoms with E-state index in [1.165, 1.54) is 41.4 Å². The first kappa shape index (κ1) is 28.2. The highest BCUT2D eigenvalue weighted by molar-refractivity contribution is 7.88. The summed E-state index contributed by atoms with van der Waals surface area (Å²) in [7, 11) is -1.67. The number of hydrogen-bond acceptors (Lipinski definition) is 10. The number of aryl methyl sites for hydroxylation is 1. The summed E-state index contributed by atoms with van der Waals surface area (Å²) in [6.07, 6.45) is 4.54. The van der Waals surface area contributed by atoms with Crippen molar-refractivity contribution in [2.75, 3.05) is 52.7 Å². The van der Waals surface area contributed by atoms with E-state index in [0.717, 1.165) is 16.8 Å². The van der Waals surface area contributed by atoms with Gasteiger partial charge in [0.15, 0.2) is 5.82 Å². The molecule has 1 N–H and O–H groups in total. The number of fused-ring (bicyclic) bond motifs is 1. The largest absolute Gasteiger partial charge is 0.496 e. The molecular formula is C27H29FN8O4S2. The van der Waals surface area contributed by atoms with E-state index in [9.17, 15) is 8.42 Å². The number of H-pyrrole nitrogens is 1. The Labute approximate surface area is 245 Å². The predicted molar refractivity (Wildman–Crippen MR) is 157 cm³/mol. The SMILES string of the molecule is COc1cccc(F)c1-c1nc(-c2c(C)nn3ccc(OCCN4CCN(S(C)(=O)=O)CC4)cc23)sc1-c1nc[nH]n1. The number of halogens is 1. The van der Waals surface area contributed by atoms with Gasteiger partial charge in [-0.1, -0.05) is 6.07 Å². The zero-order valence-electron chi connectivity index (χ0n) is 23.2. The summed E-state index contributed by atoms with van der Waals surface area (Å²) >= 11 is 1.35. The Morgan fingerprint density at radius 2 is 1.95 bits per heavy atom. The molecule has 0 bridgehead atoms. The van der Waals surface area contributed by atoms with E-state index in [4.69, 9.17) is 14.5 Å². The number of nitrogens with one attached hydrogen (secondary N) is 1. The van der Waals surface area contributed by atoms with Gasteiger partial charge in [0.05, 0.1) is 41.4 Å². The standard InChI is InChI=1S/C27H29FN8O4S2/c1-17-22(27-31-24(25(41-27)26-29-16-30-32-26)23-19(28)5-4-6-21(23)39-2)20-15-18(7-8-36(20)33-17)40-14-13-34-9-11-35(12-10-34)42(3,37)38/h4-8,15-16H,9-14H2,1-3H3,(H,29,30,32). The van der Waals surface area contributed by atoms with Gasteiger partial charge in [-0.3, -0.25) is 10.00 Å². The van der Waals surface area contributed by atoms with E-state index in [0.29, 0.717) is 72.2 Å². The monoisotopic (exact) mass is 612 g/mol. The third-order valence-electron chi connectivity index (χ3n) is 7.15. The van der Waals surface area contributed by atoms with Crippen molar-refractivity contribution < 1.29 is 22.3 Å². The maximum atomic E-state index is 15.2. The fraction of sp³-hybridized carbons (Fsp3) is 0.333. The van der Waals surface area contributed by atoms with Crippen LogP contribution in [0.1, 0.15) is 5.69 Å². The molecule has 15 heteroatoms. The first-order valence-corrected chi connectivity index (χ1v) is 15.9. The molecule has 1 aliphatic heterocycles. The molecular weight excluding hydrogens is 583 g/mol. The number of pyridine rings is 1. The molecule has 0 radical (unpaired) electrons. The molecule has 1 aromatic carbocycles. The number of nitrogens with zero attached hydrogens (tertiary/aromatic N) is 7. The van der Waals surface area contributed by atoms with E-state index < -0.39 is 15.8 Å². The topological polar surface area (TPSA) is 131 Å². The van der Waals surface area contributed by atoms with Gasteiger partial charge in [-0.25, -0.2) is 27.3 Å². The Morgan fingerprint density at radius 3 is 2.67 bits per heavy atom. The summed E-state index contributed by atoms with van der Waals surface area (Å²) < 4.78 is 53.5. The molecule has 42 heavy (non-hydrogen) atoms. The van der Waals surface area contributed by atoms with E-state index in [1.54, 1.807) is 16.6 Å². The Bertz CT molecular complexity index is 1830. The molecule has 1 saturated heterocycles. The summed E-state index contributed by atoms with van der Waals surface area (Å²) in [5.41, 5.74) is 2.94. The summed E-state index contributed by atoms with van der Waals surface area (Å²) in [6, 6.07) is 8.41. The summed E-state index contributed by atoms with van der Waals surface area (Å²) in [5, 5.41) is 12.2. The predicted octanol–water partition coefficient (Wildman–Crippen LogP) is 3.32. The third-order valence-corrected chi connectivity index (χ3v) is 9.52. The van der Waals surface area contributed by atoms with Crippen LogP contribution in [0.3, 0.4) is 0 Å². The number of piperazine rings is 1. The number of thiazole rings is 1. The second-order valence-corrected chi connectivity index (χ2v) is 12.8. The Morgan fingerprint density at radius 1 is 1.14 bits per heavy atom. The van der Waals surface area contributed by atoms with Gasteiger partial charge in [0.1, 0.15) is 40.1 Å². The van der Waals surface area contributed by atoms with E-state index in [-0.39, 0.29) is 5.56 Å². The van der Waals surface area contributed by atoms with Gasteiger partial charge in [-0.05, 0) is 25.1 Å². The normalized spacial score (nSPS) is 15.0. The van der Waals surface area contributed by atoms with Gasteiger partial charge in [-0.15, -0.1) is 11.3 Å². The quantitative estimate of drug-likeness (QED) is 0.266. The highest BCUT2D eigenvalue weighted by Gasteiger charge is 2.26. The maximum absolute atomic E-state index is 15.2. The molecule has 1 aliphatic rings. The molecule has 12 nitrogen and oxygen atoms in total. The number of ether oxygens (including phenoxy) is 2. The number of rotatable bonds is 9. The molecule has 220 valence electrons. The average molecular weight is 613 g/mol. The second kappa shape index (κ2) is 11.4. The minimum atomic E-state index is -3.16. The fourth-order valence-electron chi connectivity index (χ4n) is 5.05. The number of benzene rings is 1. The molecule has 0 saturated carbocycles. The van der Waals surface area contributed by atoms with Crippen LogP contribution in [0.2, 0.25) is 0 Å². The first-order chi connectivity index (χ1) is 20.2. The van der Waals surface area contributed by atoms with Crippen molar-refractivity contribution in [3.63, 3.8) is 0 Å². The average Bonchev–Trinajstić information content (AvgIpc) is 3.71. The summed E-state index contributed by atoms with van der Waals surface area (Å²) in [4.78, 5) is 12.0. The van der Waals surface area contributed by atoms with Crippen LogP contribution in [0, 0.1) is 12.7 Å². The zero-order chi connectivity index (χ0) is 29.4. The van der Waals surface area contributed by atoms with Crippen LogP contribution < -0.4 is 9.47 Å². The van der Waals surface area contributed by atoms with E-state index in [1.807, 2.05) is 25.3 Å². The minimum absolute atomic E-state index is 0.234. The van der Waals surface area contributed by atoms with Crippen LogP contribution in [-0.2, 0) is 10.0 Å². The lowest BCUT2D eigenvalue weighted by Gasteiger charge is -2.33. The maximum Gasteiger partial charge on any atom is 0.211 e. The highest BCUT2D eigenvalue weighted by atomic mass is 32.2. The van der Waals surface area contributed by atoms with Crippen LogP contribution in [0.25, 0.3) is 38.0 Å². The molecule has 0 amide bonds. The molecule has 0 atom stereocenters. The summed E-state index contributed by atoms with van der Waals surface area (Å²) in [5.74, 6) is 0.955. The number of hydrogen-bond donors (Lipinski definition) is 1. The van der Waals surface area contributed by atoms with Crippen LogP contribution in [0.5, 0.6) is 11.5 Å². The second-order valence-electron chi connectivity index (χ2n) is 9.84. The lowest BCUT2D eigenvalue weighted by atomic mass is 10.1. The zero-order valence-corrected chi connectivity index (χ0v) is 24.9.